The van der Waals surface area contributed by atoms with Crippen LogP contribution in [0.4, 0.5) is 5.69 Å². The van der Waals surface area contributed by atoms with Crippen molar-refractivity contribution in [1.29, 1.82) is 0 Å². The second-order valence-corrected chi connectivity index (χ2v) is 6.77. The monoisotopic (exact) mass is 380 g/mol. The zero-order valence-corrected chi connectivity index (χ0v) is 15.4. The van der Waals surface area contributed by atoms with E-state index in [1.54, 1.807) is 24.3 Å². The van der Waals surface area contributed by atoms with Crippen molar-refractivity contribution in [2.45, 2.75) is 25.8 Å². The van der Waals surface area contributed by atoms with Crippen molar-refractivity contribution in [3.8, 4) is 11.5 Å². The number of carbonyl (C=O) groups is 3. The molecule has 7 heteroatoms. The Bertz CT molecular complexity index is 922. The number of fused-ring (bicyclic) bond motifs is 1. The van der Waals surface area contributed by atoms with Crippen LogP contribution >= 0.6 is 0 Å². The number of ether oxygens (including phenoxy) is 2. The quantitative estimate of drug-likeness (QED) is 0.824. The van der Waals surface area contributed by atoms with Gasteiger partial charge in [-0.2, -0.15) is 0 Å². The maximum Gasteiger partial charge on any atom is 0.251 e. The van der Waals surface area contributed by atoms with Gasteiger partial charge in [0.25, 0.3) is 5.91 Å². The lowest BCUT2D eigenvalue weighted by atomic mass is 10.1. The fourth-order valence-electron chi connectivity index (χ4n) is 3.32. The molecule has 2 aromatic carbocycles. The van der Waals surface area contributed by atoms with Crippen molar-refractivity contribution in [2.24, 2.45) is 0 Å². The fraction of sp³-hybridized carbons (Fsp3) is 0.286. The second-order valence-electron chi connectivity index (χ2n) is 6.77. The first-order valence-electron chi connectivity index (χ1n) is 9.19. The molecule has 0 saturated carbocycles. The summed E-state index contributed by atoms with van der Waals surface area (Å²) in [4.78, 5) is 37.4. The molecule has 0 radical (unpaired) electrons. The van der Waals surface area contributed by atoms with E-state index in [1.165, 1.54) is 4.90 Å². The predicted molar refractivity (Wildman–Crippen MR) is 101 cm³/mol. The number of carbonyl (C=O) groups excluding carboxylic acids is 3. The van der Waals surface area contributed by atoms with Crippen LogP contribution in [0.1, 0.15) is 41.7 Å². The number of amides is 3. The van der Waals surface area contributed by atoms with Crippen LogP contribution in [0, 0.1) is 0 Å². The number of imide groups is 1. The van der Waals surface area contributed by atoms with Crippen LogP contribution in [-0.2, 0) is 9.59 Å². The van der Waals surface area contributed by atoms with Crippen molar-refractivity contribution in [3.05, 3.63) is 53.6 Å². The SMILES string of the molecule is C[C@@H](NC(=O)c1ccc(N2C(=O)CCC2=O)cc1)c1ccc2c(c1)OCCO2. The number of nitrogens with one attached hydrogen (secondary N) is 1. The Morgan fingerprint density at radius 3 is 2.29 bits per heavy atom. The summed E-state index contributed by atoms with van der Waals surface area (Å²) in [7, 11) is 0. The molecule has 2 aliphatic rings. The summed E-state index contributed by atoms with van der Waals surface area (Å²) in [6.45, 7) is 2.92. The highest BCUT2D eigenvalue weighted by Gasteiger charge is 2.30. The molecule has 1 saturated heterocycles. The highest BCUT2D eigenvalue weighted by molar-refractivity contribution is 6.19. The Morgan fingerprint density at radius 1 is 0.964 bits per heavy atom. The first-order valence-corrected chi connectivity index (χ1v) is 9.19. The van der Waals surface area contributed by atoms with Crippen molar-refractivity contribution >= 4 is 23.4 Å². The lowest BCUT2D eigenvalue weighted by Gasteiger charge is -2.21. The van der Waals surface area contributed by atoms with E-state index in [-0.39, 0.29) is 36.6 Å². The molecule has 0 bridgehead atoms. The minimum atomic E-state index is -0.243. The van der Waals surface area contributed by atoms with Crippen molar-refractivity contribution < 1.29 is 23.9 Å². The molecule has 0 spiro atoms. The summed E-state index contributed by atoms with van der Waals surface area (Å²) in [6.07, 6.45) is 0.461. The molecule has 144 valence electrons. The topological polar surface area (TPSA) is 84.9 Å². The molecule has 2 aliphatic heterocycles. The molecule has 7 nitrogen and oxygen atoms in total. The van der Waals surface area contributed by atoms with E-state index in [0.717, 1.165) is 5.56 Å². The molecule has 28 heavy (non-hydrogen) atoms. The molecule has 1 N–H and O–H groups in total. The zero-order chi connectivity index (χ0) is 19.7. The van der Waals surface area contributed by atoms with Gasteiger partial charge in [0.1, 0.15) is 13.2 Å². The summed E-state index contributed by atoms with van der Waals surface area (Å²) in [5, 5.41) is 2.94. The van der Waals surface area contributed by atoms with Crippen LogP contribution in [-0.4, -0.2) is 30.9 Å². The van der Waals surface area contributed by atoms with Crippen LogP contribution in [0.2, 0.25) is 0 Å². The molecule has 0 unspecified atom stereocenters. The van der Waals surface area contributed by atoms with Crippen LogP contribution < -0.4 is 19.7 Å². The van der Waals surface area contributed by atoms with Crippen LogP contribution in [0.15, 0.2) is 42.5 Å². The lowest BCUT2D eigenvalue weighted by molar-refractivity contribution is -0.121. The largest absolute Gasteiger partial charge is 0.486 e. The van der Waals surface area contributed by atoms with E-state index in [0.29, 0.717) is 36.0 Å². The van der Waals surface area contributed by atoms with Gasteiger partial charge in [0.2, 0.25) is 11.8 Å². The Balaban J connectivity index is 1.44. The predicted octanol–water partition coefficient (Wildman–Crippen LogP) is 2.60. The van der Waals surface area contributed by atoms with Crippen LogP contribution in [0.5, 0.6) is 11.5 Å². The molecule has 1 fully saturated rings. The highest BCUT2D eigenvalue weighted by Crippen LogP contribution is 2.32. The van der Waals surface area contributed by atoms with E-state index in [4.69, 9.17) is 9.47 Å². The van der Waals surface area contributed by atoms with Gasteiger partial charge in [0, 0.05) is 18.4 Å². The third-order valence-electron chi connectivity index (χ3n) is 4.85. The average molecular weight is 380 g/mol. The van der Waals surface area contributed by atoms with Gasteiger partial charge < -0.3 is 14.8 Å². The normalized spacial score (nSPS) is 16.8. The van der Waals surface area contributed by atoms with Gasteiger partial charge in [-0.05, 0) is 48.9 Å². The number of benzene rings is 2. The van der Waals surface area contributed by atoms with Crippen LogP contribution in [0.3, 0.4) is 0 Å². The Morgan fingerprint density at radius 2 is 1.61 bits per heavy atom. The Kier molecular flexibility index (Phi) is 4.73. The fourth-order valence-corrected chi connectivity index (χ4v) is 3.32. The minimum Gasteiger partial charge on any atom is -0.486 e. The maximum atomic E-state index is 12.6. The molecule has 2 heterocycles. The van der Waals surface area contributed by atoms with Gasteiger partial charge in [-0.15, -0.1) is 0 Å². The number of hydrogen-bond donors (Lipinski definition) is 1. The van der Waals surface area contributed by atoms with Gasteiger partial charge in [-0.1, -0.05) is 6.07 Å². The van der Waals surface area contributed by atoms with Gasteiger partial charge in [0.05, 0.1) is 11.7 Å². The van der Waals surface area contributed by atoms with Crippen LogP contribution in [0.25, 0.3) is 0 Å². The average Bonchev–Trinajstić information content (AvgIpc) is 3.05. The summed E-state index contributed by atoms with van der Waals surface area (Å²) in [5.74, 6) is 0.709. The molecular weight excluding hydrogens is 360 g/mol. The smallest absolute Gasteiger partial charge is 0.251 e. The second kappa shape index (κ2) is 7.34. The summed E-state index contributed by atoms with van der Waals surface area (Å²) in [5.41, 5.74) is 1.85. The first-order chi connectivity index (χ1) is 13.5. The number of nitrogens with zero attached hydrogens (tertiary/aromatic N) is 1. The first kappa shape index (κ1) is 18.0. The third kappa shape index (κ3) is 3.43. The Hall–Kier alpha value is -3.35. The molecule has 2 aromatic rings. The molecule has 4 rings (SSSR count). The summed E-state index contributed by atoms with van der Waals surface area (Å²) >= 11 is 0. The van der Waals surface area contributed by atoms with Crippen molar-refractivity contribution in [1.82, 2.24) is 5.32 Å². The Labute approximate surface area is 162 Å². The van der Waals surface area contributed by atoms with E-state index < -0.39 is 0 Å². The molecule has 1 atom stereocenters. The third-order valence-corrected chi connectivity index (χ3v) is 4.85. The summed E-state index contributed by atoms with van der Waals surface area (Å²) in [6, 6.07) is 11.8. The van der Waals surface area contributed by atoms with Gasteiger partial charge >= 0.3 is 0 Å². The van der Waals surface area contributed by atoms with Gasteiger partial charge in [-0.25, -0.2) is 0 Å². The van der Waals surface area contributed by atoms with E-state index in [9.17, 15) is 14.4 Å². The number of hydrogen-bond acceptors (Lipinski definition) is 5. The van der Waals surface area contributed by atoms with Gasteiger partial charge in [-0.3, -0.25) is 19.3 Å². The van der Waals surface area contributed by atoms with Gasteiger partial charge in [0.15, 0.2) is 11.5 Å². The van der Waals surface area contributed by atoms with E-state index in [1.807, 2.05) is 25.1 Å². The molecule has 0 aliphatic carbocycles. The highest BCUT2D eigenvalue weighted by atomic mass is 16.6. The summed E-state index contributed by atoms with van der Waals surface area (Å²) < 4.78 is 11.1. The number of anilines is 1. The van der Waals surface area contributed by atoms with E-state index in [2.05, 4.69) is 5.32 Å². The molecule has 3 amide bonds. The number of rotatable bonds is 4. The minimum absolute atomic E-state index is 0.213. The van der Waals surface area contributed by atoms with Crippen molar-refractivity contribution in [2.75, 3.05) is 18.1 Å². The standard InChI is InChI=1S/C21H20N2O5/c1-13(15-4-7-17-18(12-15)28-11-10-27-17)22-21(26)14-2-5-16(6-3-14)23-19(24)8-9-20(23)25/h2-7,12-13H,8-11H2,1H3,(H,22,26)/t13-/m1/s1. The van der Waals surface area contributed by atoms with E-state index >= 15 is 0 Å². The lowest BCUT2D eigenvalue weighted by Crippen LogP contribution is -2.29. The van der Waals surface area contributed by atoms with Crippen molar-refractivity contribution in [3.63, 3.8) is 0 Å². The maximum absolute atomic E-state index is 12.6. The zero-order valence-electron chi connectivity index (χ0n) is 15.4. The molecular formula is C21H20N2O5. The molecule has 0 aromatic heterocycles.